The first-order chi connectivity index (χ1) is 9.63. The zero-order valence-electron chi connectivity index (χ0n) is 11.4. The molecular weight excluding hydrogens is 250 g/mol. The second-order valence-electron chi connectivity index (χ2n) is 4.84. The Kier molecular flexibility index (Phi) is 2.99. The largest absolute Gasteiger partial charge is 0.399 e. The number of aromatic nitrogens is 2. The summed E-state index contributed by atoms with van der Waals surface area (Å²) in [6.07, 6.45) is 0. The first-order valence-electron chi connectivity index (χ1n) is 6.41. The summed E-state index contributed by atoms with van der Waals surface area (Å²) < 4.78 is 5.31. The fourth-order valence-electron chi connectivity index (χ4n) is 1.96. The van der Waals surface area contributed by atoms with E-state index in [1.807, 2.05) is 30.3 Å². The van der Waals surface area contributed by atoms with Gasteiger partial charge in [-0.25, -0.2) is 0 Å². The van der Waals surface area contributed by atoms with Gasteiger partial charge in [0.2, 0.25) is 5.82 Å². The molecule has 0 saturated heterocycles. The molecule has 0 spiro atoms. The van der Waals surface area contributed by atoms with Crippen LogP contribution in [0.1, 0.15) is 11.1 Å². The molecule has 3 rings (SSSR count). The second kappa shape index (κ2) is 4.81. The van der Waals surface area contributed by atoms with Gasteiger partial charge in [-0.05, 0) is 55.3 Å². The third kappa shape index (κ3) is 2.28. The molecule has 1 heterocycles. The van der Waals surface area contributed by atoms with E-state index in [-0.39, 0.29) is 0 Å². The van der Waals surface area contributed by atoms with E-state index in [1.54, 1.807) is 0 Å². The molecule has 0 amide bonds. The van der Waals surface area contributed by atoms with E-state index in [0.29, 0.717) is 17.4 Å². The van der Waals surface area contributed by atoms with Gasteiger partial charge in [0.15, 0.2) is 0 Å². The zero-order valence-corrected chi connectivity index (χ0v) is 11.4. The molecule has 0 atom stereocenters. The summed E-state index contributed by atoms with van der Waals surface area (Å²) in [5, 5.41) is 4.04. The minimum absolute atomic E-state index is 0.498. The van der Waals surface area contributed by atoms with Crippen molar-refractivity contribution in [3.05, 3.63) is 53.6 Å². The monoisotopic (exact) mass is 265 g/mol. The summed E-state index contributed by atoms with van der Waals surface area (Å²) in [6.45, 7) is 4.15. The Bertz CT molecular complexity index is 745. The summed E-state index contributed by atoms with van der Waals surface area (Å²) in [5.41, 5.74) is 10.7. The molecule has 4 nitrogen and oxygen atoms in total. The van der Waals surface area contributed by atoms with Crippen LogP contribution in [-0.2, 0) is 0 Å². The maximum atomic E-state index is 5.67. The van der Waals surface area contributed by atoms with E-state index >= 15 is 0 Å². The molecular formula is C16H15N3O. The number of nitrogen functional groups attached to an aromatic ring is 1. The maximum Gasteiger partial charge on any atom is 0.258 e. The molecule has 0 aliphatic rings. The van der Waals surface area contributed by atoms with Crippen LogP contribution in [0.4, 0.5) is 5.69 Å². The van der Waals surface area contributed by atoms with Crippen LogP contribution in [0, 0.1) is 13.8 Å². The number of nitrogens with two attached hydrogens (primary N) is 1. The minimum atomic E-state index is 0.498. The molecule has 0 unspecified atom stereocenters. The number of anilines is 1. The van der Waals surface area contributed by atoms with Gasteiger partial charge in [0.25, 0.3) is 5.89 Å². The number of aryl methyl sites for hydroxylation is 2. The lowest BCUT2D eigenvalue weighted by Crippen LogP contribution is -1.86. The van der Waals surface area contributed by atoms with Crippen molar-refractivity contribution in [2.75, 3.05) is 5.73 Å². The first-order valence-corrected chi connectivity index (χ1v) is 6.41. The van der Waals surface area contributed by atoms with E-state index < -0.39 is 0 Å². The number of hydrogen-bond donors (Lipinski definition) is 1. The fourth-order valence-corrected chi connectivity index (χ4v) is 1.96. The molecule has 3 aromatic rings. The van der Waals surface area contributed by atoms with Gasteiger partial charge < -0.3 is 10.3 Å². The lowest BCUT2D eigenvalue weighted by molar-refractivity contribution is 0.432. The van der Waals surface area contributed by atoms with Crippen LogP contribution in [-0.4, -0.2) is 10.1 Å². The summed E-state index contributed by atoms with van der Waals surface area (Å²) in [6, 6.07) is 13.5. The molecule has 2 N–H and O–H groups in total. The average Bonchev–Trinajstić information content (AvgIpc) is 2.92. The predicted molar refractivity (Wildman–Crippen MR) is 79.1 cm³/mol. The number of nitrogens with zero attached hydrogens (tertiary/aromatic N) is 2. The Hall–Kier alpha value is -2.62. The van der Waals surface area contributed by atoms with Crippen molar-refractivity contribution < 1.29 is 4.52 Å². The Balaban J connectivity index is 1.97. The normalized spacial score (nSPS) is 10.7. The number of rotatable bonds is 2. The molecule has 100 valence electrons. The van der Waals surface area contributed by atoms with E-state index in [1.165, 1.54) is 11.1 Å². The van der Waals surface area contributed by atoms with Crippen molar-refractivity contribution in [1.82, 2.24) is 10.1 Å². The van der Waals surface area contributed by atoms with Gasteiger partial charge in [0, 0.05) is 16.8 Å². The van der Waals surface area contributed by atoms with Gasteiger partial charge in [-0.15, -0.1) is 0 Å². The van der Waals surface area contributed by atoms with Gasteiger partial charge in [-0.2, -0.15) is 4.98 Å². The molecule has 1 aromatic heterocycles. The van der Waals surface area contributed by atoms with Crippen LogP contribution < -0.4 is 5.73 Å². The Morgan fingerprint density at radius 1 is 0.900 bits per heavy atom. The average molecular weight is 265 g/mol. The van der Waals surface area contributed by atoms with Crippen LogP contribution in [0.3, 0.4) is 0 Å². The van der Waals surface area contributed by atoms with Crippen LogP contribution >= 0.6 is 0 Å². The van der Waals surface area contributed by atoms with Gasteiger partial charge in [0.05, 0.1) is 0 Å². The Morgan fingerprint density at radius 3 is 2.30 bits per heavy atom. The highest BCUT2D eigenvalue weighted by Gasteiger charge is 2.10. The van der Waals surface area contributed by atoms with Crippen molar-refractivity contribution >= 4 is 5.69 Å². The first kappa shape index (κ1) is 12.4. The van der Waals surface area contributed by atoms with Crippen molar-refractivity contribution in [2.24, 2.45) is 0 Å². The fraction of sp³-hybridized carbons (Fsp3) is 0.125. The highest BCUT2D eigenvalue weighted by molar-refractivity contribution is 5.62. The number of benzene rings is 2. The minimum Gasteiger partial charge on any atom is -0.399 e. The molecule has 0 aliphatic heterocycles. The van der Waals surface area contributed by atoms with Crippen molar-refractivity contribution in [3.63, 3.8) is 0 Å². The van der Waals surface area contributed by atoms with Crippen LogP contribution in [0.2, 0.25) is 0 Å². The van der Waals surface area contributed by atoms with Crippen LogP contribution in [0.15, 0.2) is 47.0 Å². The van der Waals surface area contributed by atoms with Crippen molar-refractivity contribution in [3.8, 4) is 22.8 Å². The number of hydrogen-bond acceptors (Lipinski definition) is 4. The van der Waals surface area contributed by atoms with E-state index in [9.17, 15) is 0 Å². The molecule has 0 saturated carbocycles. The van der Waals surface area contributed by atoms with Gasteiger partial charge >= 0.3 is 0 Å². The third-order valence-electron chi connectivity index (χ3n) is 3.35. The predicted octanol–water partition coefficient (Wildman–Crippen LogP) is 3.60. The second-order valence-corrected chi connectivity index (χ2v) is 4.84. The SMILES string of the molecule is Cc1ccc(-c2noc(-c3ccc(N)cc3)n2)cc1C. The highest BCUT2D eigenvalue weighted by atomic mass is 16.5. The lowest BCUT2D eigenvalue weighted by Gasteiger charge is -2.00. The maximum absolute atomic E-state index is 5.67. The quantitative estimate of drug-likeness (QED) is 0.719. The summed E-state index contributed by atoms with van der Waals surface area (Å²) >= 11 is 0. The Labute approximate surface area is 117 Å². The molecule has 0 bridgehead atoms. The Morgan fingerprint density at radius 2 is 1.60 bits per heavy atom. The lowest BCUT2D eigenvalue weighted by atomic mass is 10.1. The van der Waals surface area contributed by atoms with Gasteiger partial charge in [-0.3, -0.25) is 0 Å². The zero-order chi connectivity index (χ0) is 14.1. The van der Waals surface area contributed by atoms with Gasteiger partial charge in [0.1, 0.15) is 0 Å². The van der Waals surface area contributed by atoms with Gasteiger partial charge in [-0.1, -0.05) is 17.3 Å². The van der Waals surface area contributed by atoms with Crippen molar-refractivity contribution in [1.29, 1.82) is 0 Å². The molecule has 2 aromatic carbocycles. The van der Waals surface area contributed by atoms with E-state index in [4.69, 9.17) is 10.3 Å². The third-order valence-corrected chi connectivity index (χ3v) is 3.35. The molecule has 0 radical (unpaired) electrons. The smallest absolute Gasteiger partial charge is 0.258 e. The molecule has 20 heavy (non-hydrogen) atoms. The summed E-state index contributed by atoms with van der Waals surface area (Å²) in [5.74, 6) is 1.10. The topological polar surface area (TPSA) is 64.9 Å². The molecule has 0 aliphatic carbocycles. The van der Waals surface area contributed by atoms with E-state index in [0.717, 1.165) is 11.1 Å². The van der Waals surface area contributed by atoms with E-state index in [2.05, 4.69) is 36.1 Å². The summed E-state index contributed by atoms with van der Waals surface area (Å²) in [7, 11) is 0. The summed E-state index contributed by atoms with van der Waals surface area (Å²) in [4.78, 5) is 4.43. The van der Waals surface area contributed by atoms with Crippen LogP contribution in [0.25, 0.3) is 22.8 Å². The highest BCUT2D eigenvalue weighted by Crippen LogP contribution is 2.24. The standard InChI is InChI=1S/C16H15N3O/c1-10-3-4-13(9-11(10)2)15-18-16(20-19-15)12-5-7-14(17)8-6-12/h3-9H,17H2,1-2H3. The molecule has 4 heteroatoms. The van der Waals surface area contributed by atoms with Crippen LogP contribution in [0.5, 0.6) is 0 Å². The van der Waals surface area contributed by atoms with Crippen molar-refractivity contribution in [2.45, 2.75) is 13.8 Å². The molecule has 0 fully saturated rings.